The van der Waals surface area contributed by atoms with Gasteiger partial charge in [0.05, 0.1) is 56.6 Å². The van der Waals surface area contributed by atoms with E-state index in [9.17, 15) is 12.8 Å². The number of quaternary nitrogens is 1. The Morgan fingerprint density at radius 2 is 1.67 bits per heavy atom. The molecule has 0 spiro atoms. The van der Waals surface area contributed by atoms with E-state index < -0.39 is 37.8 Å². The number of nitrogens with zero attached hydrogens (tertiary/aromatic N) is 4. The zero-order valence-electron chi connectivity index (χ0n) is 25.9. The molecule has 0 aliphatic heterocycles. The van der Waals surface area contributed by atoms with Crippen LogP contribution in [0.2, 0.25) is 5.02 Å². The molecule has 0 fully saturated rings. The fourth-order valence-electron chi connectivity index (χ4n) is 4.72. The average Bonchev–Trinajstić information content (AvgIpc) is 3.39. The molecule has 45 heavy (non-hydrogen) atoms. The van der Waals surface area contributed by atoms with Crippen molar-refractivity contribution in [2.45, 2.75) is 41.5 Å². The first kappa shape index (κ1) is 34.8. The third kappa shape index (κ3) is 8.23. The van der Waals surface area contributed by atoms with Crippen LogP contribution in [0.25, 0.3) is 10.4 Å². The number of sulfonamides is 1. The van der Waals surface area contributed by atoms with Gasteiger partial charge < -0.3 is 13.9 Å². The Kier molecular flexibility index (Phi) is 10.7. The van der Waals surface area contributed by atoms with Gasteiger partial charge in [-0.15, -0.1) is 6.54 Å². The van der Waals surface area contributed by atoms with Crippen LogP contribution < -0.4 is 4.74 Å². The third-order valence-corrected chi connectivity index (χ3v) is 9.98. The number of hydrogen-bond acceptors (Lipinski definition) is 5. The molecule has 1 aromatic heterocycles. The lowest BCUT2D eigenvalue weighted by atomic mass is 9.81. The molecule has 0 aliphatic rings. The summed E-state index contributed by atoms with van der Waals surface area (Å²) in [7, 11) is 3.21. The molecule has 0 unspecified atom stereocenters. The van der Waals surface area contributed by atoms with Crippen molar-refractivity contribution >= 4 is 33.4 Å². The molecule has 0 radical (unpaired) electrons. The molecule has 13 heteroatoms. The molecule has 0 saturated carbocycles. The molecule has 242 valence electrons. The summed E-state index contributed by atoms with van der Waals surface area (Å²) in [6.07, 6.45) is 2.17. The van der Waals surface area contributed by atoms with Gasteiger partial charge in [0.2, 0.25) is 0 Å². The van der Waals surface area contributed by atoms with E-state index in [1.54, 1.807) is 29.0 Å². The second-order valence-electron chi connectivity index (χ2n) is 12.1. The molecule has 0 bridgehead atoms. The first-order valence-corrected chi connectivity index (χ1v) is 16.9. The van der Waals surface area contributed by atoms with Crippen LogP contribution in [0.1, 0.15) is 37.1 Å². The van der Waals surface area contributed by atoms with Gasteiger partial charge in [-0.05, 0) is 60.5 Å². The minimum absolute atomic E-state index is 0.0201. The Morgan fingerprint density at radius 3 is 2.27 bits per heavy atom. The zero-order chi connectivity index (χ0) is 33.2. The summed E-state index contributed by atoms with van der Waals surface area (Å²) in [6.45, 7) is 4.67. The predicted molar refractivity (Wildman–Crippen MR) is 173 cm³/mol. The van der Waals surface area contributed by atoms with Gasteiger partial charge in [-0.2, -0.15) is 0 Å². The number of aromatic nitrogens is 2. The summed E-state index contributed by atoms with van der Waals surface area (Å²) in [5.74, 6) is -2.12. The van der Waals surface area contributed by atoms with Crippen molar-refractivity contribution in [3.63, 3.8) is 0 Å². The SMILES string of the molecule is COc1cc(C(C)(C)c2cnc(SCc3c(F)cc(S(=O)(=O)[N-]CCC[N+](C)(C)C)cc3F)n2-c2ccc(F)cc2)ccc1Cl. The Balaban J connectivity index is 1.64. The van der Waals surface area contributed by atoms with Crippen LogP contribution in [-0.4, -0.2) is 63.8 Å². The molecule has 3 aromatic carbocycles. The first-order valence-electron chi connectivity index (χ1n) is 14.1. The van der Waals surface area contributed by atoms with Gasteiger partial charge in [0.25, 0.3) is 0 Å². The topological polar surface area (TPSA) is 75.3 Å². The number of ether oxygens (including phenoxy) is 1. The minimum atomic E-state index is -4.23. The second kappa shape index (κ2) is 13.8. The van der Waals surface area contributed by atoms with E-state index in [0.717, 1.165) is 35.2 Å². The van der Waals surface area contributed by atoms with Crippen molar-refractivity contribution in [2.75, 3.05) is 41.3 Å². The van der Waals surface area contributed by atoms with Crippen LogP contribution >= 0.6 is 23.4 Å². The fraction of sp³-hybridized carbons (Fsp3) is 0.344. The highest BCUT2D eigenvalue weighted by atomic mass is 35.5. The van der Waals surface area contributed by atoms with Crippen LogP contribution in [0, 0.1) is 17.5 Å². The monoisotopic (exact) mass is 680 g/mol. The fourth-order valence-corrected chi connectivity index (χ4v) is 6.95. The van der Waals surface area contributed by atoms with E-state index in [0.29, 0.717) is 39.1 Å². The maximum atomic E-state index is 15.2. The van der Waals surface area contributed by atoms with Gasteiger partial charge in [0.15, 0.2) is 5.16 Å². The molecule has 4 aromatic rings. The molecule has 0 atom stereocenters. The number of hydrogen-bond donors (Lipinski definition) is 0. The summed E-state index contributed by atoms with van der Waals surface area (Å²) in [4.78, 5) is 4.04. The van der Waals surface area contributed by atoms with Gasteiger partial charge in [-0.25, -0.2) is 26.6 Å². The highest BCUT2D eigenvalue weighted by Crippen LogP contribution is 2.39. The van der Waals surface area contributed by atoms with E-state index in [1.165, 1.54) is 19.2 Å². The molecule has 0 saturated heterocycles. The molecule has 1 heterocycles. The first-order chi connectivity index (χ1) is 21.0. The van der Waals surface area contributed by atoms with Crippen molar-refractivity contribution in [1.29, 1.82) is 0 Å². The lowest BCUT2D eigenvalue weighted by Gasteiger charge is -2.28. The number of rotatable bonds is 13. The van der Waals surface area contributed by atoms with Crippen molar-refractivity contribution in [2.24, 2.45) is 0 Å². The lowest BCUT2D eigenvalue weighted by Crippen LogP contribution is -2.35. The summed E-state index contributed by atoms with van der Waals surface area (Å²) >= 11 is 7.32. The molecule has 7 nitrogen and oxygen atoms in total. The van der Waals surface area contributed by atoms with E-state index in [4.69, 9.17) is 16.3 Å². The number of benzene rings is 3. The quantitative estimate of drug-likeness (QED) is 0.0821. The number of methoxy groups -OCH3 is 1. The summed E-state index contributed by atoms with van der Waals surface area (Å²) in [5.41, 5.74) is 1.20. The van der Waals surface area contributed by atoms with E-state index in [2.05, 4.69) is 9.71 Å². The van der Waals surface area contributed by atoms with Crippen LogP contribution in [0.15, 0.2) is 70.8 Å². The number of imidazole rings is 1. The third-order valence-electron chi connectivity index (χ3n) is 7.33. The van der Waals surface area contributed by atoms with E-state index in [-0.39, 0.29) is 17.9 Å². The number of thioether (sulfide) groups is 1. The summed E-state index contributed by atoms with van der Waals surface area (Å²) in [5, 5.41) is 0.852. The average molecular weight is 681 g/mol. The molecule has 0 amide bonds. The maximum Gasteiger partial charge on any atom is 0.173 e. The van der Waals surface area contributed by atoms with Crippen LogP contribution in [0.4, 0.5) is 13.2 Å². The highest BCUT2D eigenvalue weighted by Gasteiger charge is 2.30. The zero-order valence-corrected chi connectivity index (χ0v) is 28.3. The molecular weight excluding hydrogens is 645 g/mol. The second-order valence-corrected chi connectivity index (χ2v) is 15.1. The normalized spacial score (nSPS) is 12.5. The minimum Gasteiger partial charge on any atom is -0.545 e. The Morgan fingerprint density at radius 1 is 1.02 bits per heavy atom. The van der Waals surface area contributed by atoms with Crippen LogP contribution in [-0.2, 0) is 21.2 Å². The van der Waals surface area contributed by atoms with E-state index in [1.807, 2.05) is 47.1 Å². The van der Waals surface area contributed by atoms with Crippen molar-refractivity contribution in [1.82, 2.24) is 9.55 Å². The standard InChI is InChI=1S/C32H36ClF3N4O3S2/c1-32(2,21-8-13-26(33)29(16-21)43-6)30-19-37-31(39(30)23-11-9-22(34)10-12-23)44-20-25-27(35)17-24(18-28(25)36)45(41,42)38-14-7-15-40(3,4)5/h8-13,16-19H,7,14-15,20H2,1-6H3. The summed E-state index contributed by atoms with van der Waals surface area (Å²) in [6, 6.07) is 12.8. The van der Waals surface area contributed by atoms with Gasteiger partial charge in [0, 0.05) is 22.4 Å². The molecule has 4 rings (SSSR count). The summed E-state index contributed by atoms with van der Waals surface area (Å²) < 4.78 is 81.3. The lowest BCUT2D eigenvalue weighted by molar-refractivity contribution is -0.870. The molecule has 0 aliphatic carbocycles. The van der Waals surface area contributed by atoms with Gasteiger partial charge in [-0.1, -0.05) is 43.3 Å². The van der Waals surface area contributed by atoms with Gasteiger partial charge >= 0.3 is 0 Å². The molecule has 0 N–H and O–H groups in total. The maximum absolute atomic E-state index is 15.2. The predicted octanol–water partition coefficient (Wildman–Crippen LogP) is 7.73. The van der Waals surface area contributed by atoms with Crippen LogP contribution in [0.3, 0.4) is 0 Å². The van der Waals surface area contributed by atoms with Crippen LogP contribution in [0.5, 0.6) is 5.75 Å². The van der Waals surface area contributed by atoms with Gasteiger partial charge in [-0.3, -0.25) is 4.57 Å². The number of halogens is 4. The van der Waals surface area contributed by atoms with Gasteiger partial charge in [0.1, 0.15) is 33.2 Å². The Labute approximate surface area is 272 Å². The Hall–Kier alpha value is -3.03. The molecular formula is C32H36ClF3N4O3S2. The smallest absolute Gasteiger partial charge is 0.173 e. The van der Waals surface area contributed by atoms with Crippen molar-refractivity contribution < 1.29 is 30.8 Å². The largest absolute Gasteiger partial charge is 0.545 e. The Bertz CT molecular complexity index is 1750. The highest BCUT2D eigenvalue weighted by molar-refractivity contribution is 7.98. The van der Waals surface area contributed by atoms with Crippen molar-refractivity contribution in [3.8, 4) is 11.4 Å². The van der Waals surface area contributed by atoms with E-state index >= 15 is 8.78 Å². The van der Waals surface area contributed by atoms with Crippen molar-refractivity contribution in [3.05, 3.63) is 105 Å².